The monoisotopic (exact) mass is 512 g/mol. The first-order chi connectivity index (χ1) is 16.8. The van der Waals surface area contributed by atoms with E-state index in [1.807, 2.05) is 30.3 Å². The molecule has 0 radical (unpaired) electrons. The molecule has 0 unspecified atom stereocenters. The van der Waals surface area contributed by atoms with E-state index in [1.54, 1.807) is 24.3 Å². The van der Waals surface area contributed by atoms with Crippen LogP contribution in [0.4, 0.5) is 5.13 Å². The summed E-state index contributed by atoms with van der Waals surface area (Å²) < 4.78 is 34.2. The van der Waals surface area contributed by atoms with E-state index >= 15 is 0 Å². The summed E-state index contributed by atoms with van der Waals surface area (Å²) >= 11 is 0.711. The average molecular weight is 513 g/mol. The number of amides is 1. The first-order valence-corrected chi connectivity index (χ1v) is 13.4. The third-order valence-corrected chi connectivity index (χ3v) is 7.17. The molecule has 0 atom stereocenters. The van der Waals surface area contributed by atoms with Gasteiger partial charge in [-0.2, -0.15) is 5.26 Å². The number of sulfone groups is 1. The number of nitrogens with zero attached hydrogens (tertiary/aromatic N) is 3. The van der Waals surface area contributed by atoms with Gasteiger partial charge in [-0.25, -0.2) is 8.42 Å². The van der Waals surface area contributed by atoms with E-state index in [0.717, 1.165) is 18.4 Å². The molecule has 0 fully saturated rings. The topological polar surface area (TPSA) is 131 Å². The molecule has 1 aromatic heterocycles. The van der Waals surface area contributed by atoms with Gasteiger partial charge in [0.05, 0.1) is 13.2 Å². The fourth-order valence-corrected chi connectivity index (χ4v) is 4.31. The number of anilines is 1. The number of hydrogen-bond donors (Lipinski definition) is 1. The Kier molecular flexibility index (Phi) is 8.94. The zero-order valence-electron chi connectivity index (χ0n) is 19.2. The fraction of sp³-hybridized carbons (Fsp3) is 0.250. The van der Waals surface area contributed by atoms with Gasteiger partial charge in [-0.1, -0.05) is 42.5 Å². The molecule has 0 saturated heterocycles. The van der Waals surface area contributed by atoms with Crippen molar-refractivity contribution in [3.05, 3.63) is 65.2 Å². The SMILES string of the molecule is CCc1ccc(OCCCOc2ccc(C=C(C#N)C(=O)Nc3nnc(S(C)(=O)=O)s3)cc2)cc1. The molecular formula is C24H24N4O5S2. The number of rotatable bonds is 11. The van der Waals surface area contributed by atoms with Crippen molar-refractivity contribution in [3.8, 4) is 17.6 Å². The predicted molar refractivity (Wildman–Crippen MR) is 133 cm³/mol. The second-order valence-corrected chi connectivity index (χ2v) is 10.6. The number of nitriles is 1. The van der Waals surface area contributed by atoms with Crippen LogP contribution >= 0.6 is 11.3 Å². The first kappa shape index (κ1) is 25.9. The summed E-state index contributed by atoms with van der Waals surface area (Å²) in [7, 11) is -3.53. The number of carbonyl (C=O) groups excluding carboxylic acids is 1. The highest BCUT2D eigenvalue weighted by Gasteiger charge is 2.17. The maximum absolute atomic E-state index is 12.4. The van der Waals surface area contributed by atoms with E-state index in [-0.39, 0.29) is 15.0 Å². The van der Waals surface area contributed by atoms with Crippen LogP contribution in [0.1, 0.15) is 24.5 Å². The summed E-state index contributed by atoms with van der Waals surface area (Å²) in [6.45, 7) is 3.12. The van der Waals surface area contributed by atoms with Gasteiger partial charge in [0.1, 0.15) is 23.1 Å². The van der Waals surface area contributed by atoms with E-state index < -0.39 is 15.7 Å². The lowest BCUT2D eigenvalue weighted by atomic mass is 10.1. The van der Waals surface area contributed by atoms with Crippen molar-refractivity contribution in [2.75, 3.05) is 24.8 Å². The minimum atomic E-state index is -3.53. The Morgan fingerprint density at radius 3 is 2.17 bits per heavy atom. The van der Waals surface area contributed by atoms with Crippen LogP contribution < -0.4 is 14.8 Å². The van der Waals surface area contributed by atoms with Gasteiger partial charge in [-0.05, 0) is 47.9 Å². The summed E-state index contributed by atoms with van der Waals surface area (Å²) in [6.07, 6.45) is 4.11. The third-order valence-electron chi connectivity index (χ3n) is 4.66. The molecule has 1 heterocycles. The Hall–Kier alpha value is -3.75. The third kappa shape index (κ3) is 7.91. The summed E-state index contributed by atoms with van der Waals surface area (Å²) in [5, 5.41) is 18.9. The Balaban J connectivity index is 1.48. The molecule has 35 heavy (non-hydrogen) atoms. The fourth-order valence-electron chi connectivity index (χ4n) is 2.81. The normalized spacial score (nSPS) is 11.5. The number of hydrogen-bond acceptors (Lipinski definition) is 9. The van der Waals surface area contributed by atoms with Crippen molar-refractivity contribution in [1.29, 1.82) is 5.26 Å². The van der Waals surface area contributed by atoms with E-state index in [9.17, 15) is 18.5 Å². The van der Waals surface area contributed by atoms with Gasteiger partial charge in [-0.3, -0.25) is 10.1 Å². The van der Waals surface area contributed by atoms with Gasteiger partial charge in [0.25, 0.3) is 5.91 Å². The Labute approximate surface area is 208 Å². The quantitative estimate of drug-likeness (QED) is 0.177. The molecule has 1 amide bonds. The Morgan fingerprint density at radius 1 is 1.06 bits per heavy atom. The smallest absolute Gasteiger partial charge is 0.268 e. The number of aromatic nitrogens is 2. The lowest BCUT2D eigenvalue weighted by Crippen LogP contribution is -2.13. The predicted octanol–water partition coefficient (Wildman–Crippen LogP) is 3.90. The van der Waals surface area contributed by atoms with Gasteiger partial charge < -0.3 is 9.47 Å². The summed E-state index contributed by atoms with van der Waals surface area (Å²) in [6, 6.07) is 16.8. The van der Waals surface area contributed by atoms with Crippen LogP contribution in [0.2, 0.25) is 0 Å². The number of aryl methyl sites for hydroxylation is 1. The Morgan fingerprint density at radius 2 is 1.66 bits per heavy atom. The highest BCUT2D eigenvalue weighted by atomic mass is 32.2. The van der Waals surface area contributed by atoms with Crippen molar-refractivity contribution >= 4 is 38.3 Å². The maximum atomic E-state index is 12.4. The molecule has 2 aromatic carbocycles. The van der Waals surface area contributed by atoms with E-state index in [4.69, 9.17) is 9.47 Å². The lowest BCUT2D eigenvalue weighted by Gasteiger charge is -2.09. The molecule has 0 saturated carbocycles. The molecule has 0 aliphatic heterocycles. The number of carbonyl (C=O) groups is 1. The van der Waals surface area contributed by atoms with E-state index in [1.165, 1.54) is 11.6 Å². The van der Waals surface area contributed by atoms with E-state index in [0.29, 0.717) is 42.3 Å². The molecular weight excluding hydrogens is 488 g/mol. The zero-order chi connectivity index (χ0) is 25.3. The van der Waals surface area contributed by atoms with Gasteiger partial charge in [0, 0.05) is 12.7 Å². The number of ether oxygens (including phenoxy) is 2. The summed E-state index contributed by atoms with van der Waals surface area (Å²) in [5.41, 5.74) is 1.72. The van der Waals surface area contributed by atoms with Crippen molar-refractivity contribution in [3.63, 3.8) is 0 Å². The van der Waals surface area contributed by atoms with Crippen molar-refractivity contribution in [1.82, 2.24) is 10.2 Å². The second kappa shape index (κ2) is 12.1. The summed E-state index contributed by atoms with van der Waals surface area (Å²) in [5.74, 6) is 0.769. The standard InChI is InChI=1S/C24H24N4O5S2/c1-3-17-5-9-20(10-6-17)32-13-4-14-33-21-11-7-18(8-12-21)15-19(16-25)22(29)26-23-27-28-24(34-23)35(2,30)31/h5-12,15H,3-4,13-14H2,1-2H3,(H,26,27,29). The molecule has 3 aromatic rings. The van der Waals surface area contributed by atoms with Crippen LogP contribution in [0.15, 0.2) is 58.4 Å². The Bertz CT molecular complexity index is 1330. The van der Waals surface area contributed by atoms with Crippen LogP contribution in [0.25, 0.3) is 6.08 Å². The molecule has 182 valence electrons. The lowest BCUT2D eigenvalue weighted by molar-refractivity contribution is -0.112. The van der Waals surface area contributed by atoms with Gasteiger partial charge in [0.15, 0.2) is 0 Å². The molecule has 1 N–H and O–H groups in total. The van der Waals surface area contributed by atoms with Gasteiger partial charge in [0.2, 0.25) is 19.3 Å². The minimum Gasteiger partial charge on any atom is -0.493 e. The second-order valence-electron chi connectivity index (χ2n) is 7.39. The maximum Gasteiger partial charge on any atom is 0.268 e. The highest BCUT2D eigenvalue weighted by molar-refractivity contribution is 7.92. The molecule has 9 nitrogen and oxygen atoms in total. The molecule has 11 heteroatoms. The van der Waals surface area contributed by atoms with E-state index in [2.05, 4.69) is 22.4 Å². The van der Waals surface area contributed by atoms with Crippen LogP contribution in [-0.2, 0) is 21.1 Å². The molecule has 0 spiro atoms. The largest absolute Gasteiger partial charge is 0.493 e. The van der Waals surface area contributed by atoms with Gasteiger partial charge >= 0.3 is 0 Å². The van der Waals surface area contributed by atoms with Gasteiger partial charge in [-0.15, -0.1) is 10.2 Å². The van der Waals surface area contributed by atoms with Crippen molar-refractivity contribution in [2.24, 2.45) is 0 Å². The van der Waals surface area contributed by atoms with Crippen LogP contribution in [0.3, 0.4) is 0 Å². The molecule has 0 bridgehead atoms. The van der Waals surface area contributed by atoms with Crippen molar-refractivity contribution < 1.29 is 22.7 Å². The zero-order valence-corrected chi connectivity index (χ0v) is 20.9. The van der Waals surface area contributed by atoms with Crippen LogP contribution in [-0.4, -0.2) is 44.0 Å². The molecule has 3 rings (SSSR count). The van der Waals surface area contributed by atoms with Crippen LogP contribution in [0.5, 0.6) is 11.5 Å². The summed E-state index contributed by atoms with van der Waals surface area (Å²) in [4.78, 5) is 12.4. The number of benzene rings is 2. The van der Waals surface area contributed by atoms with Crippen LogP contribution in [0, 0.1) is 11.3 Å². The number of nitrogens with one attached hydrogen (secondary N) is 1. The average Bonchev–Trinajstić information content (AvgIpc) is 3.32. The molecule has 0 aliphatic carbocycles. The highest BCUT2D eigenvalue weighted by Crippen LogP contribution is 2.21. The minimum absolute atomic E-state index is 0.0118. The van der Waals surface area contributed by atoms with Crippen molar-refractivity contribution in [2.45, 2.75) is 24.1 Å². The molecule has 0 aliphatic rings. The first-order valence-electron chi connectivity index (χ1n) is 10.7.